The number of rotatable bonds is 3. The number of halogens is 2. The van der Waals surface area contributed by atoms with Crippen molar-refractivity contribution in [1.29, 1.82) is 0 Å². The van der Waals surface area contributed by atoms with Crippen molar-refractivity contribution in [1.82, 2.24) is 0 Å². The number of thiophene rings is 1. The monoisotopic (exact) mass is 427 g/mol. The van der Waals surface area contributed by atoms with E-state index in [-0.39, 0.29) is 12.3 Å². The Balaban J connectivity index is 1.93. The fourth-order valence-electron chi connectivity index (χ4n) is 2.11. The lowest BCUT2D eigenvalue weighted by molar-refractivity contribution is -0.114. The number of hydrogen-bond acceptors (Lipinski definition) is 4. The van der Waals surface area contributed by atoms with E-state index in [4.69, 9.17) is 0 Å². The Morgan fingerprint density at radius 3 is 2.57 bits per heavy atom. The molecule has 1 aliphatic rings. The number of Topliss-reactive ketones (excluding diaryl/α,β-unsaturated/α-hetero) is 2. The van der Waals surface area contributed by atoms with Gasteiger partial charge in [-0.15, -0.1) is 11.3 Å². The average Bonchev–Trinajstić information content (AvgIpc) is 2.97. The minimum absolute atomic E-state index is 0.138. The van der Waals surface area contributed by atoms with Crippen molar-refractivity contribution >= 4 is 66.4 Å². The highest BCUT2D eigenvalue weighted by atomic mass is 79.9. The van der Waals surface area contributed by atoms with Crippen LogP contribution < -0.4 is 4.90 Å². The Hall–Kier alpha value is -1.31. The normalized spacial score (nSPS) is 13.7. The summed E-state index contributed by atoms with van der Waals surface area (Å²) in [5.74, 6) is -1.43. The van der Waals surface area contributed by atoms with E-state index in [1.807, 2.05) is 0 Å². The second-order valence-electron chi connectivity index (χ2n) is 4.41. The van der Waals surface area contributed by atoms with E-state index in [0.717, 1.165) is 8.26 Å². The maximum Gasteiger partial charge on any atom is 0.299 e. The molecule has 0 radical (unpaired) electrons. The van der Waals surface area contributed by atoms with Crippen molar-refractivity contribution in [3.8, 4) is 0 Å². The van der Waals surface area contributed by atoms with Gasteiger partial charge in [0.25, 0.3) is 11.7 Å². The molecule has 0 spiro atoms. The molecule has 1 aromatic carbocycles. The molecule has 21 heavy (non-hydrogen) atoms. The molecule has 1 aliphatic heterocycles. The summed E-state index contributed by atoms with van der Waals surface area (Å²) in [4.78, 5) is 38.0. The number of nitrogens with zero attached hydrogens (tertiary/aromatic N) is 1. The molecule has 0 N–H and O–H groups in total. The van der Waals surface area contributed by atoms with Crippen LogP contribution in [0.2, 0.25) is 0 Å². The third-order valence-corrected chi connectivity index (χ3v) is 5.24. The van der Waals surface area contributed by atoms with Crippen LogP contribution in [0.5, 0.6) is 0 Å². The van der Waals surface area contributed by atoms with E-state index in [1.54, 1.807) is 30.3 Å². The highest BCUT2D eigenvalue weighted by Gasteiger charge is 2.37. The Bertz CT molecular complexity index is 784. The molecule has 3 rings (SSSR count). The Kier molecular flexibility index (Phi) is 3.81. The quantitative estimate of drug-likeness (QED) is 0.553. The van der Waals surface area contributed by atoms with Crippen LogP contribution in [0.15, 0.2) is 38.6 Å². The Morgan fingerprint density at radius 2 is 1.90 bits per heavy atom. The predicted octanol–water partition coefficient (Wildman–Crippen LogP) is 3.69. The lowest BCUT2D eigenvalue weighted by Crippen LogP contribution is -2.34. The van der Waals surface area contributed by atoms with Crippen molar-refractivity contribution in [3.05, 3.63) is 49.0 Å². The zero-order valence-corrected chi connectivity index (χ0v) is 14.4. The minimum atomic E-state index is -0.660. The molecule has 0 fully saturated rings. The number of hydrogen-bond donors (Lipinski definition) is 0. The fourth-order valence-corrected chi connectivity index (χ4v) is 3.77. The molecule has 106 valence electrons. The predicted molar refractivity (Wildman–Crippen MR) is 87.2 cm³/mol. The van der Waals surface area contributed by atoms with Crippen LogP contribution in [0, 0.1) is 0 Å². The molecule has 0 atom stereocenters. The molecule has 2 heterocycles. The van der Waals surface area contributed by atoms with Gasteiger partial charge in [0.1, 0.15) is 0 Å². The summed E-state index contributed by atoms with van der Waals surface area (Å²) in [5, 5.41) is 0. The van der Waals surface area contributed by atoms with E-state index >= 15 is 0 Å². The van der Waals surface area contributed by atoms with Crippen molar-refractivity contribution in [2.75, 3.05) is 11.4 Å². The van der Waals surface area contributed by atoms with Crippen LogP contribution in [-0.4, -0.2) is 24.0 Å². The van der Waals surface area contributed by atoms with Gasteiger partial charge in [-0.05, 0) is 46.3 Å². The molecular weight excluding hydrogens is 422 g/mol. The smallest absolute Gasteiger partial charge is 0.297 e. The number of anilines is 1. The maximum absolute atomic E-state index is 12.2. The highest BCUT2D eigenvalue weighted by molar-refractivity contribution is 9.11. The Morgan fingerprint density at radius 1 is 1.14 bits per heavy atom. The van der Waals surface area contributed by atoms with Gasteiger partial charge in [0.15, 0.2) is 5.78 Å². The van der Waals surface area contributed by atoms with E-state index in [9.17, 15) is 14.4 Å². The van der Waals surface area contributed by atoms with Crippen molar-refractivity contribution < 1.29 is 14.4 Å². The number of carbonyl (C=O) groups is 3. The first-order chi connectivity index (χ1) is 9.97. The molecule has 0 saturated carbocycles. The van der Waals surface area contributed by atoms with E-state index in [2.05, 4.69) is 31.9 Å². The fraction of sp³-hybridized carbons (Fsp3) is 0.0714. The number of amides is 1. The molecule has 0 bridgehead atoms. The van der Waals surface area contributed by atoms with Gasteiger partial charge in [0.05, 0.1) is 26.5 Å². The highest BCUT2D eigenvalue weighted by Crippen LogP contribution is 2.32. The molecule has 4 nitrogen and oxygen atoms in total. The van der Waals surface area contributed by atoms with E-state index < -0.39 is 11.7 Å². The largest absolute Gasteiger partial charge is 0.299 e. The molecule has 7 heteroatoms. The number of carbonyl (C=O) groups excluding carboxylic acids is 3. The molecule has 1 aromatic heterocycles. The molecule has 1 amide bonds. The Labute approximate surface area is 141 Å². The summed E-state index contributed by atoms with van der Waals surface area (Å²) in [6, 6.07) is 8.44. The topological polar surface area (TPSA) is 54.5 Å². The van der Waals surface area contributed by atoms with Gasteiger partial charge in [-0.1, -0.05) is 15.9 Å². The summed E-state index contributed by atoms with van der Waals surface area (Å²) < 4.78 is 1.60. The zero-order valence-electron chi connectivity index (χ0n) is 10.4. The van der Waals surface area contributed by atoms with E-state index in [0.29, 0.717) is 16.1 Å². The first-order valence-electron chi connectivity index (χ1n) is 5.91. The van der Waals surface area contributed by atoms with Crippen LogP contribution in [0.3, 0.4) is 0 Å². The number of benzene rings is 1. The lowest BCUT2D eigenvalue weighted by atomic mass is 10.1. The van der Waals surface area contributed by atoms with Crippen LogP contribution >= 0.6 is 43.2 Å². The standard InChI is InChI=1S/C14H7Br2NO3S/c15-7-1-2-8-9(5-7)17(14(20)13(8)19)6-10(18)11-3-4-12(16)21-11/h1-5H,6H2. The van der Waals surface area contributed by atoms with Gasteiger partial charge in [-0.25, -0.2) is 0 Å². The zero-order chi connectivity index (χ0) is 15.1. The van der Waals surface area contributed by atoms with Crippen molar-refractivity contribution in [2.45, 2.75) is 0 Å². The SMILES string of the molecule is O=C(CN1C(=O)C(=O)c2ccc(Br)cc21)c1ccc(Br)s1. The third kappa shape index (κ3) is 2.61. The second kappa shape index (κ2) is 5.47. The van der Waals surface area contributed by atoms with Crippen LogP contribution in [-0.2, 0) is 4.79 Å². The summed E-state index contributed by atoms with van der Waals surface area (Å²) in [5.41, 5.74) is 0.812. The number of ketones is 2. The van der Waals surface area contributed by atoms with Gasteiger partial charge in [0, 0.05) is 4.47 Å². The molecule has 0 saturated heterocycles. The van der Waals surface area contributed by atoms with Gasteiger partial charge >= 0.3 is 0 Å². The van der Waals surface area contributed by atoms with Crippen molar-refractivity contribution in [2.24, 2.45) is 0 Å². The summed E-state index contributed by atoms with van der Waals surface area (Å²) in [6.07, 6.45) is 0. The molecule has 0 unspecified atom stereocenters. The minimum Gasteiger partial charge on any atom is -0.297 e. The maximum atomic E-state index is 12.2. The van der Waals surface area contributed by atoms with Crippen LogP contribution in [0.1, 0.15) is 20.0 Å². The van der Waals surface area contributed by atoms with Gasteiger partial charge in [-0.3, -0.25) is 19.3 Å². The summed E-state index contributed by atoms with van der Waals surface area (Å²) in [7, 11) is 0. The van der Waals surface area contributed by atoms with Crippen LogP contribution in [0.4, 0.5) is 5.69 Å². The summed E-state index contributed by atoms with van der Waals surface area (Å²) >= 11 is 7.90. The van der Waals surface area contributed by atoms with Gasteiger partial charge in [-0.2, -0.15) is 0 Å². The molecule has 2 aromatic rings. The average molecular weight is 429 g/mol. The van der Waals surface area contributed by atoms with Crippen molar-refractivity contribution in [3.63, 3.8) is 0 Å². The third-order valence-electron chi connectivity index (χ3n) is 3.08. The summed E-state index contributed by atoms with van der Waals surface area (Å²) in [6.45, 7) is -0.138. The second-order valence-corrected chi connectivity index (χ2v) is 7.79. The molecule has 0 aliphatic carbocycles. The molecular formula is C14H7Br2NO3S. The van der Waals surface area contributed by atoms with Gasteiger partial charge < -0.3 is 0 Å². The lowest BCUT2D eigenvalue weighted by Gasteiger charge is -2.15. The first-order valence-corrected chi connectivity index (χ1v) is 8.32. The number of fused-ring (bicyclic) bond motifs is 1. The van der Waals surface area contributed by atoms with Crippen LogP contribution in [0.25, 0.3) is 0 Å². The first kappa shape index (κ1) is 14.6. The van der Waals surface area contributed by atoms with Gasteiger partial charge in [0.2, 0.25) is 0 Å². The van der Waals surface area contributed by atoms with E-state index in [1.165, 1.54) is 16.2 Å².